The second-order valence-corrected chi connectivity index (χ2v) is 9.19. The molecule has 0 bridgehead atoms. The van der Waals surface area contributed by atoms with Gasteiger partial charge in [0.25, 0.3) is 0 Å². The van der Waals surface area contributed by atoms with E-state index < -0.39 is 5.97 Å². The average molecular weight is 437 g/mol. The molecule has 5 rings (SSSR count). The van der Waals surface area contributed by atoms with Crippen molar-refractivity contribution < 1.29 is 9.53 Å². The summed E-state index contributed by atoms with van der Waals surface area (Å²) in [4.78, 5) is 28.1. The Labute approximate surface area is 181 Å². The molecule has 0 saturated carbocycles. The van der Waals surface area contributed by atoms with Crippen molar-refractivity contribution in [2.45, 2.75) is 38.7 Å². The van der Waals surface area contributed by atoms with Crippen LogP contribution < -0.4 is 5.73 Å². The Hall–Kier alpha value is -2.84. The number of aryl methyl sites for hydroxylation is 2. The molecule has 0 amide bonds. The van der Waals surface area contributed by atoms with Gasteiger partial charge in [-0.2, -0.15) is 0 Å². The second-order valence-electron chi connectivity index (χ2n) is 7.25. The smallest absolute Gasteiger partial charge is 0.358 e. The molecule has 0 fully saturated rings. The third-order valence-electron chi connectivity index (χ3n) is 5.21. The summed E-state index contributed by atoms with van der Waals surface area (Å²) in [7, 11) is 0. The zero-order chi connectivity index (χ0) is 20.5. The number of thiazole rings is 1. The van der Waals surface area contributed by atoms with E-state index in [1.54, 1.807) is 16.7 Å². The lowest BCUT2D eigenvalue weighted by atomic mass is 10.1. The summed E-state index contributed by atoms with van der Waals surface area (Å²) in [6.45, 7) is -0.0280. The predicted octanol–water partition coefficient (Wildman–Crippen LogP) is 5.02. The maximum atomic E-state index is 12.4. The van der Waals surface area contributed by atoms with Gasteiger partial charge < -0.3 is 10.5 Å². The summed E-state index contributed by atoms with van der Waals surface area (Å²) in [5.41, 5.74) is 8.84. The van der Waals surface area contributed by atoms with E-state index in [-0.39, 0.29) is 12.3 Å². The lowest BCUT2D eigenvalue weighted by molar-refractivity contribution is 0.0457. The molecule has 0 atom stereocenters. The first-order valence-electron chi connectivity index (χ1n) is 9.94. The van der Waals surface area contributed by atoms with Gasteiger partial charge in [0.1, 0.15) is 15.7 Å². The Morgan fingerprint density at radius 2 is 1.90 bits per heavy atom. The lowest BCUT2D eigenvalue weighted by Gasteiger charge is -2.05. The maximum absolute atomic E-state index is 12.4. The summed E-state index contributed by atoms with van der Waals surface area (Å²) in [5.74, 6) is 0.409. The van der Waals surface area contributed by atoms with Crippen molar-refractivity contribution in [3.63, 3.8) is 0 Å². The van der Waals surface area contributed by atoms with Gasteiger partial charge in [-0.15, -0.1) is 22.7 Å². The highest BCUT2D eigenvalue weighted by Crippen LogP contribution is 2.37. The number of aromatic nitrogens is 3. The van der Waals surface area contributed by atoms with Crippen LogP contribution in [0.4, 0.5) is 5.82 Å². The number of hydrogen-bond donors (Lipinski definition) is 1. The molecule has 8 heteroatoms. The number of nitrogens with two attached hydrogens (primary N) is 1. The van der Waals surface area contributed by atoms with Gasteiger partial charge in [0, 0.05) is 15.8 Å². The zero-order valence-corrected chi connectivity index (χ0v) is 17.9. The van der Waals surface area contributed by atoms with Crippen LogP contribution in [0.3, 0.4) is 0 Å². The van der Waals surface area contributed by atoms with Crippen molar-refractivity contribution in [1.29, 1.82) is 0 Å². The normalized spacial score (nSPS) is 13.7. The van der Waals surface area contributed by atoms with Crippen LogP contribution >= 0.6 is 22.7 Å². The minimum atomic E-state index is -0.488. The van der Waals surface area contributed by atoms with Gasteiger partial charge in [-0.3, -0.25) is 0 Å². The molecule has 30 heavy (non-hydrogen) atoms. The number of hydrogen-bond acceptors (Lipinski definition) is 8. The first kappa shape index (κ1) is 19.1. The molecule has 3 aromatic heterocycles. The van der Waals surface area contributed by atoms with Gasteiger partial charge in [0.05, 0.1) is 5.39 Å². The standard InChI is InChI=1S/C22H20N4O2S2/c23-19-18-14-9-5-2-6-10-16(14)30-21(18)26-17(25-19)11-28-22(27)15-12-29-20(24-15)13-7-3-1-4-8-13/h1,3-4,7-8,12H,2,5-6,9-11H2,(H2,23,25,26). The molecular formula is C22H20N4O2S2. The van der Waals surface area contributed by atoms with E-state index in [4.69, 9.17) is 10.5 Å². The van der Waals surface area contributed by atoms with Crippen LogP contribution in [0.1, 0.15) is 46.0 Å². The lowest BCUT2D eigenvalue weighted by Crippen LogP contribution is -2.09. The van der Waals surface area contributed by atoms with E-state index in [0.29, 0.717) is 11.6 Å². The highest BCUT2D eigenvalue weighted by atomic mass is 32.1. The molecule has 1 aliphatic rings. The summed E-state index contributed by atoms with van der Waals surface area (Å²) < 4.78 is 5.42. The number of nitrogens with zero attached hydrogens (tertiary/aromatic N) is 3. The largest absolute Gasteiger partial charge is 0.453 e. The monoisotopic (exact) mass is 436 g/mol. The number of rotatable bonds is 4. The van der Waals surface area contributed by atoms with Crippen molar-refractivity contribution in [1.82, 2.24) is 15.0 Å². The van der Waals surface area contributed by atoms with Crippen LogP contribution in [0.5, 0.6) is 0 Å². The van der Waals surface area contributed by atoms with Crippen molar-refractivity contribution in [2.75, 3.05) is 5.73 Å². The molecule has 0 aliphatic heterocycles. The number of nitrogen functional groups attached to an aromatic ring is 1. The Balaban J connectivity index is 1.33. The summed E-state index contributed by atoms with van der Waals surface area (Å²) in [6, 6.07) is 9.75. The summed E-state index contributed by atoms with van der Waals surface area (Å²) >= 11 is 3.10. The topological polar surface area (TPSA) is 91.0 Å². The summed E-state index contributed by atoms with van der Waals surface area (Å²) in [6.07, 6.45) is 5.74. The first-order chi connectivity index (χ1) is 14.7. The molecule has 0 spiro atoms. The number of benzene rings is 1. The third-order valence-corrected chi connectivity index (χ3v) is 7.28. The fourth-order valence-corrected chi connectivity index (χ4v) is 5.84. The van der Waals surface area contributed by atoms with Crippen LogP contribution in [0.15, 0.2) is 35.7 Å². The number of fused-ring (bicyclic) bond motifs is 3. The third kappa shape index (κ3) is 3.68. The highest BCUT2D eigenvalue weighted by Gasteiger charge is 2.20. The van der Waals surface area contributed by atoms with Gasteiger partial charge >= 0.3 is 5.97 Å². The minimum Gasteiger partial charge on any atom is -0.453 e. The molecular weight excluding hydrogens is 416 g/mol. The van der Waals surface area contributed by atoms with Gasteiger partial charge in [0.15, 0.2) is 18.1 Å². The van der Waals surface area contributed by atoms with E-state index in [0.717, 1.165) is 33.6 Å². The Morgan fingerprint density at radius 1 is 1.07 bits per heavy atom. The number of carbonyl (C=O) groups excluding carboxylic acids is 1. The predicted molar refractivity (Wildman–Crippen MR) is 120 cm³/mol. The number of thiophene rings is 1. The molecule has 0 radical (unpaired) electrons. The Morgan fingerprint density at radius 3 is 2.77 bits per heavy atom. The second kappa shape index (κ2) is 8.12. The highest BCUT2D eigenvalue weighted by molar-refractivity contribution is 7.19. The van der Waals surface area contributed by atoms with Crippen LogP contribution in [-0.4, -0.2) is 20.9 Å². The van der Waals surface area contributed by atoms with Crippen molar-refractivity contribution in [3.8, 4) is 10.6 Å². The molecule has 0 saturated heterocycles. The van der Waals surface area contributed by atoms with Crippen LogP contribution in [0.25, 0.3) is 20.8 Å². The van der Waals surface area contributed by atoms with E-state index in [9.17, 15) is 4.79 Å². The molecule has 3 heterocycles. The number of esters is 1. The van der Waals surface area contributed by atoms with Crippen molar-refractivity contribution in [3.05, 3.63) is 57.7 Å². The molecule has 2 N–H and O–H groups in total. The van der Waals surface area contributed by atoms with Crippen LogP contribution in [-0.2, 0) is 24.2 Å². The quantitative estimate of drug-likeness (QED) is 0.357. The maximum Gasteiger partial charge on any atom is 0.358 e. The van der Waals surface area contributed by atoms with E-state index in [1.807, 2.05) is 30.3 Å². The molecule has 1 aromatic carbocycles. The minimum absolute atomic E-state index is 0.0280. The van der Waals surface area contributed by atoms with E-state index in [2.05, 4.69) is 15.0 Å². The molecule has 6 nitrogen and oxygen atoms in total. The summed E-state index contributed by atoms with van der Waals surface area (Å²) in [5, 5.41) is 3.47. The molecule has 0 unspecified atom stereocenters. The fourth-order valence-electron chi connectivity index (χ4n) is 3.76. The van der Waals surface area contributed by atoms with Gasteiger partial charge in [0.2, 0.25) is 0 Å². The van der Waals surface area contributed by atoms with Crippen LogP contribution in [0.2, 0.25) is 0 Å². The number of anilines is 1. The number of ether oxygens (including phenoxy) is 1. The zero-order valence-electron chi connectivity index (χ0n) is 16.3. The fraction of sp³-hybridized carbons (Fsp3) is 0.273. The van der Waals surface area contributed by atoms with E-state index in [1.165, 1.54) is 41.0 Å². The average Bonchev–Trinajstić information content (AvgIpc) is 3.32. The van der Waals surface area contributed by atoms with E-state index >= 15 is 0 Å². The van der Waals surface area contributed by atoms with Crippen molar-refractivity contribution >= 4 is 44.7 Å². The van der Waals surface area contributed by atoms with Gasteiger partial charge in [-0.25, -0.2) is 19.7 Å². The Bertz CT molecular complexity index is 1220. The van der Waals surface area contributed by atoms with Gasteiger partial charge in [-0.1, -0.05) is 36.8 Å². The van der Waals surface area contributed by atoms with Crippen LogP contribution in [0, 0.1) is 0 Å². The van der Waals surface area contributed by atoms with Crippen molar-refractivity contribution in [2.24, 2.45) is 0 Å². The Kier molecular flexibility index (Phi) is 5.18. The SMILES string of the molecule is Nc1nc(COC(=O)c2csc(-c3ccccc3)n2)nc2sc3c(c12)CCCCC3. The molecule has 152 valence electrons. The number of carbonyl (C=O) groups is 1. The van der Waals surface area contributed by atoms with Gasteiger partial charge in [-0.05, 0) is 31.2 Å². The molecule has 4 aromatic rings. The first-order valence-corrected chi connectivity index (χ1v) is 11.6. The molecule has 1 aliphatic carbocycles.